The van der Waals surface area contributed by atoms with Gasteiger partial charge in [-0.15, -0.1) is 0 Å². The lowest BCUT2D eigenvalue weighted by Crippen LogP contribution is -2.64. The van der Waals surface area contributed by atoms with Crippen molar-refractivity contribution in [2.75, 3.05) is 6.61 Å². The van der Waals surface area contributed by atoms with Gasteiger partial charge in [0.05, 0.1) is 0 Å². The van der Waals surface area contributed by atoms with Crippen LogP contribution in [0.25, 0.3) is 11.1 Å². The standard InChI is InChI=1S/C33H39N3O4/c1-32(2)19-23(20-33(3,4)36(32)39)34-30(37)29(18-22-12-6-5-7-13-22)35-31(38)40-21-28-26-16-10-8-14-24(26)25-15-9-11-17-27(25)28/h5-17,23,28-29,39H,18-21H2,1-4H3,(H,34,37)(H,35,38). The highest BCUT2D eigenvalue weighted by molar-refractivity contribution is 5.86. The SMILES string of the molecule is CC1(C)CC(NC(=O)C(Cc2ccccc2)NC(=O)OCC2c3ccccc3-c3ccccc32)CC(C)(C)N1O. The van der Waals surface area contributed by atoms with Crippen LogP contribution in [-0.2, 0) is 16.0 Å². The number of hydroxylamine groups is 2. The quantitative estimate of drug-likeness (QED) is 0.359. The van der Waals surface area contributed by atoms with Gasteiger partial charge in [-0.1, -0.05) is 78.9 Å². The summed E-state index contributed by atoms with van der Waals surface area (Å²) in [6.07, 6.45) is 0.884. The third-order valence-corrected chi connectivity index (χ3v) is 8.22. The number of nitrogens with zero attached hydrogens (tertiary/aromatic N) is 1. The number of piperidine rings is 1. The van der Waals surface area contributed by atoms with E-state index < -0.39 is 23.2 Å². The van der Waals surface area contributed by atoms with Crippen LogP contribution in [0.3, 0.4) is 0 Å². The van der Waals surface area contributed by atoms with Crippen molar-refractivity contribution in [1.82, 2.24) is 15.7 Å². The summed E-state index contributed by atoms with van der Waals surface area (Å²) >= 11 is 0. The number of amides is 2. The summed E-state index contributed by atoms with van der Waals surface area (Å²) < 4.78 is 5.76. The van der Waals surface area contributed by atoms with Crippen LogP contribution >= 0.6 is 0 Å². The molecule has 0 radical (unpaired) electrons. The molecular weight excluding hydrogens is 502 g/mol. The molecule has 1 aliphatic heterocycles. The topological polar surface area (TPSA) is 90.9 Å². The maximum Gasteiger partial charge on any atom is 0.407 e. The molecule has 1 aliphatic carbocycles. The minimum absolute atomic E-state index is 0.0623. The minimum Gasteiger partial charge on any atom is -0.449 e. The van der Waals surface area contributed by atoms with E-state index in [0.29, 0.717) is 19.3 Å². The predicted octanol–water partition coefficient (Wildman–Crippen LogP) is 5.66. The molecule has 40 heavy (non-hydrogen) atoms. The number of hydrogen-bond donors (Lipinski definition) is 3. The summed E-state index contributed by atoms with van der Waals surface area (Å²) in [5, 5.41) is 18.0. The number of hydrogen-bond acceptors (Lipinski definition) is 5. The average molecular weight is 542 g/mol. The molecule has 210 valence electrons. The Morgan fingerprint density at radius 2 is 1.40 bits per heavy atom. The summed E-state index contributed by atoms with van der Waals surface area (Å²) in [6.45, 7) is 8.02. The molecule has 7 nitrogen and oxygen atoms in total. The monoisotopic (exact) mass is 541 g/mol. The summed E-state index contributed by atoms with van der Waals surface area (Å²) in [5.41, 5.74) is 4.52. The second-order valence-electron chi connectivity index (χ2n) is 12.3. The number of alkyl carbamates (subject to hydrolysis) is 1. The maximum atomic E-state index is 13.6. The number of carbonyl (C=O) groups excluding carboxylic acids is 2. The van der Waals surface area contributed by atoms with Crippen LogP contribution < -0.4 is 10.6 Å². The first-order chi connectivity index (χ1) is 19.0. The van der Waals surface area contributed by atoms with Gasteiger partial charge in [-0.25, -0.2) is 4.79 Å². The Balaban J connectivity index is 1.28. The van der Waals surface area contributed by atoms with Crippen LogP contribution in [0.4, 0.5) is 4.79 Å². The molecule has 0 saturated carbocycles. The summed E-state index contributed by atoms with van der Waals surface area (Å²) in [6, 6.07) is 25.1. The van der Waals surface area contributed by atoms with Crippen molar-refractivity contribution >= 4 is 12.0 Å². The minimum atomic E-state index is -0.809. The number of rotatable bonds is 7. The fourth-order valence-corrected chi connectivity index (χ4v) is 6.52. The van der Waals surface area contributed by atoms with Crippen molar-refractivity contribution in [2.24, 2.45) is 0 Å². The van der Waals surface area contributed by atoms with Gasteiger partial charge in [-0.2, -0.15) is 5.06 Å². The van der Waals surface area contributed by atoms with E-state index in [-0.39, 0.29) is 24.5 Å². The fourth-order valence-electron chi connectivity index (χ4n) is 6.52. The van der Waals surface area contributed by atoms with E-state index >= 15 is 0 Å². The molecule has 7 heteroatoms. The predicted molar refractivity (Wildman–Crippen MR) is 155 cm³/mol. The van der Waals surface area contributed by atoms with Crippen LogP contribution in [-0.4, -0.2) is 52.0 Å². The van der Waals surface area contributed by atoms with Gasteiger partial charge in [0, 0.05) is 29.5 Å². The Labute approximate surface area is 236 Å². The lowest BCUT2D eigenvalue weighted by Gasteiger charge is -2.51. The number of ether oxygens (including phenoxy) is 1. The van der Waals surface area contributed by atoms with Crippen molar-refractivity contribution in [3.63, 3.8) is 0 Å². The van der Waals surface area contributed by atoms with Gasteiger partial charge in [-0.3, -0.25) is 4.79 Å². The van der Waals surface area contributed by atoms with Crippen LogP contribution in [0, 0.1) is 0 Å². The van der Waals surface area contributed by atoms with Crippen molar-refractivity contribution in [3.8, 4) is 11.1 Å². The first-order valence-electron chi connectivity index (χ1n) is 14.0. The Morgan fingerprint density at radius 1 is 0.875 bits per heavy atom. The zero-order valence-electron chi connectivity index (χ0n) is 23.7. The maximum absolute atomic E-state index is 13.6. The van der Waals surface area contributed by atoms with Crippen molar-refractivity contribution in [3.05, 3.63) is 95.6 Å². The van der Waals surface area contributed by atoms with E-state index in [2.05, 4.69) is 34.9 Å². The van der Waals surface area contributed by atoms with Crippen molar-refractivity contribution in [2.45, 2.75) is 76.0 Å². The van der Waals surface area contributed by atoms with Gasteiger partial charge in [0.15, 0.2) is 0 Å². The number of benzene rings is 3. The Bertz CT molecular complexity index is 1310. The number of nitrogens with one attached hydrogen (secondary N) is 2. The Hall–Kier alpha value is -3.68. The zero-order valence-corrected chi connectivity index (χ0v) is 23.7. The highest BCUT2D eigenvalue weighted by Gasteiger charge is 2.45. The van der Waals surface area contributed by atoms with E-state index in [1.54, 1.807) is 0 Å². The molecule has 2 aliphatic rings. The molecule has 1 atom stereocenters. The molecular formula is C33H39N3O4. The molecule has 2 amide bonds. The third kappa shape index (κ3) is 5.76. The molecule has 5 rings (SSSR count). The lowest BCUT2D eigenvalue weighted by molar-refractivity contribution is -0.246. The van der Waals surface area contributed by atoms with Gasteiger partial charge in [0.25, 0.3) is 0 Å². The van der Waals surface area contributed by atoms with Crippen LogP contribution in [0.2, 0.25) is 0 Å². The normalized spacial score (nSPS) is 18.8. The molecule has 1 heterocycles. The van der Waals surface area contributed by atoms with E-state index in [0.717, 1.165) is 27.8 Å². The van der Waals surface area contributed by atoms with Crippen LogP contribution in [0.5, 0.6) is 0 Å². The van der Waals surface area contributed by atoms with Gasteiger partial charge in [-0.05, 0) is 68.4 Å². The second kappa shape index (κ2) is 11.1. The van der Waals surface area contributed by atoms with Crippen LogP contribution in [0.15, 0.2) is 78.9 Å². The van der Waals surface area contributed by atoms with Gasteiger partial charge in [0.2, 0.25) is 5.91 Å². The highest BCUT2D eigenvalue weighted by atomic mass is 16.5. The summed E-state index contributed by atoms with van der Waals surface area (Å²) in [5.74, 6) is -0.326. The smallest absolute Gasteiger partial charge is 0.407 e. The van der Waals surface area contributed by atoms with E-state index in [1.807, 2.05) is 82.3 Å². The molecule has 3 aromatic carbocycles. The Kier molecular flexibility index (Phi) is 7.71. The van der Waals surface area contributed by atoms with Crippen molar-refractivity contribution in [1.29, 1.82) is 0 Å². The first kappa shape index (κ1) is 27.9. The van der Waals surface area contributed by atoms with Gasteiger partial charge < -0.3 is 20.6 Å². The van der Waals surface area contributed by atoms with Gasteiger partial charge >= 0.3 is 6.09 Å². The molecule has 0 bridgehead atoms. The number of carbonyl (C=O) groups is 2. The average Bonchev–Trinajstić information content (AvgIpc) is 3.24. The number of fused-ring (bicyclic) bond motifs is 3. The van der Waals surface area contributed by atoms with Gasteiger partial charge in [0.1, 0.15) is 12.6 Å². The second-order valence-corrected chi connectivity index (χ2v) is 12.3. The molecule has 1 saturated heterocycles. The van der Waals surface area contributed by atoms with E-state index in [9.17, 15) is 14.8 Å². The van der Waals surface area contributed by atoms with E-state index in [1.165, 1.54) is 5.06 Å². The first-order valence-corrected chi connectivity index (χ1v) is 14.0. The molecule has 3 aromatic rings. The molecule has 1 unspecified atom stereocenters. The van der Waals surface area contributed by atoms with Crippen LogP contribution in [0.1, 0.15) is 63.1 Å². The zero-order chi connectivity index (χ0) is 28.5. The molecule has 0 spiro atoms. The highest BCUT2D eigenvalue weighted by Crippen LogP contribution is 2.44. The Morgan fingerprint density at radius 3 is 1.98 bits per heavy atom. The fraction of sp³-hybridized carbons (Fsp3) is 0.394. The van der Waals surface area contributed by atoms with Crippen molar-refractivity contribution < 1.29 is 19.5 Å². The summed E-state index contributed by atoms with van der Waals surface area (Å²) in [7, 11) is 0. The molecule has 3 N–H and O–H groups in total. The van der Waals surface area contributed by atoms with E-state index in [4.69, 9.17) is 4.74 Å². The molecule has 1 fully saturated rings. The molecule has 0 aromatic heterocycles. The summed E-state index contributed by atoms with van der Waals surface area (Å²) in [4.78, 5) is 26.7. The largest absolute Gasteiger partial charge is 0.449 e. The third-order valence-electron chi connectivity index (χ3n) is 8.22. The lowest BCUT2D eigenvalue weighted by atomic mass is 9.79.